The number of ketones is 2. The Hall–Kier alpha value is -1.01. The number of hydrogen-bond donors (Lipinski definition) is 1. The summed E-state index contributed by atoms with van der Waals surface area (Å²) in [5.41, 5.74) is -1.66. The van der Waals surface area contributed by atoms with Crippen LogP contribution >= 0.6 is 0 Å². The Balaban J connectivity index is 2.43. The first-order valence-electron chi connectivity index (χ1n) is 13.3. The Kier molecular flexibility index (Phi) is 8.43. The Labute approximate surface area is 209 Å². The van der Waals surface area contributed by atoms with Gasteiger partial charge in [0, 0.05) is 18.0 Å². The summed E-state index contributed by atoms with van der Waals surface area (Å²) in [5.74, 6) is 0.869. The van der Waals surface area contributed by atoms with Gasteiger partial charge in [-0.05, 0) is 96.8 Å². The van der Waals surface area contributed by atoms with Crippen molar-refractivity contribution < 1.29 is 14.4 Å². The lowest BCUT2D eigenvalue weighted by atomic mass is 9.54. The summed E-state index contributed by atoms with van der Waals surface area (Å²) in [7, 11) is 1.55. The Bertz CT molecular complexity index is 801. The molecule has 2 aliphatic heterocycles. The van der Waals surface area contributed by atoms with Crippen molar-refractivity contribution in [3.05, 3.63) is 0 Å². The summed E-state index contributed by atoms with van der Waals surface area (Å²) in [6.07, 6.45) is 5.30. The van der Waals surface area contributed by atoms with Gasteiger partial charge in [-0.3, -0.25) is 14.5 Å². The molecule has 3 aliphatic rings. The van der Waals surface area contributed by atoms with E-state index in [1.165, 1.54) is 0 Å². The molecule has 34 heavy (non-hydrogen) atoms. The van der Waals surface area contributed by atoms with Crippen LogP contribution in [0.2, 0.25) is 0 Å². The molecule has 1 aliphatic carbocycles. The number of nitrogens with zero attached hydrogens (tertiary/aromatic N) is 1. The van der Waals surface area contributed by atoms with Gasteiger partial charge in [-0.25, -0.2) is 0 Å². The third kappa shape index (κ3) is 5.69. The average Bonchev–Trinajstić information content (AvgIpc) is 2.69. The first-order valence-corrected chi connectivity index (χ1v) is 13.3. The standard InChI is InChI=1S/C28H50BN2O3/c1-12-27(10,20(4)33)30-29-23(34)28(11,13-2)31-17-21-14-26(9,15-21)16-22(19(3)32)24(5,6)18-25(31,7)8/h21-22,30H,12-18H2,1-11H3. The molecular formula is C28H50BN2O3. The Morgan fingerprint density at radius 1 is 0.971 bits per heavy atom. The molecule has 6 heteroatoms. The van der Waals surface area contributed by atoms with Crippen LogP contribution in [0.25, 0.3) is 0 Å². The summed E-state index contributed by atoms with van der Waals surface area (Å²) in [4.78, 5) is 41.2. The second kappa shape index (κ2) is 9.80. The highest BCUT2D eigenvalue weighted by Gasteiger charge is 2.54. The van der Waals surface area contributed by atoms with Crippen molar-refractivity contribution in [1.29, 1.82) is 0 Å². The van der Waals surface area contributed by atoms with Crippen LogP contribution in [0.1, 0.15) is 115 Å². The molecule has 2 heterocycles. The number of hydrogen-bond acceptors (Lipinski definition) is 5. The van der Waals surface area contributed by atoms with Crippen molar-refractivity contribution in [3.8, 4) is 0 Å². The number of Topliss-reactive ketones (excluding diaryl/α,β-unsaturated/α-hetero) is 2. The minimum atomic E-state index is -0.738. The van der Waals surface area contributed by atoms with Crippen LogP contribution < -0.4 is 5.23 Å². The van der Waals surface area contributed by atoms with Gasteiger partial charge in [-0.2, -0.15) is 0 Å². The quantitative estimate of drug-likeness (QED) is 0.468. The maximum atomic E-state index is 13.8. The van der Waals surface area contributed by atoms with Gasteiger partial charge in [-0.1, -0.05) is 34.6 Å². The summed E-state index contributed by atoms with van der Waals surface area (Å²) in [6.45, 7) is 23.5. The van der Waals surface area contributed by atoms with Crippen molar-refractivity contribution in [3.63, 3.8) is 0 Å². The van der Waals surface area contributed by atoms with Gasteiger partial charge < -0.3 is 10.0 Å². The zero-order valence-electron chi connectivity index (χ0n) is 23.9. The van der Waals surface area contributed by atoms with E-state index in [2.05, 4.69) is 58.6 Å². The van der Waals surface area contributed by atoms with Gasteiger partial charge in [0.2, 0.25) is 0 Å². The van der Waals surface area contributed by atoms with Crippen LogP contribution in [0.15, 0.2) is 0 Å². The van der Waals surface area contributed by atoms with Crippen LogP contribution in [-0.4, -0.2) is 52.7 Å². The number of nitrogens with one attached hydrogen (secondary N) is 1. The lowest BCUT2D eigenvalue weighted by molar-refractivity contribution is -0.141. The van der Waals surface area contributed by atoms with Crippen LogP contribution in [0.5, 0.6) is 0 Å². The second-order valence-electron chi connectivity index (χ2n) is 13.6. The van der Waals surface area contributed by atoms with E-state index in [0.29, 0.717) is 18.8 Å². The molecule has 3 atom stereocenters. The molecule has 0 amide bonds. The van der Waals surface area contributed by atoms with Crippen LogP contribution in [-0.2, 0) is 14.4 Å². The van der Waals surface area contributed by atoms with Gasteiger partial charge in [0.15, 0.2) is 0 Å². The van der Waals surface area contributed by atoms with E-state index in [4.69, 9.17) is 0 Å². The van der Waals surface area contributed by atoms with Crippen LogP contribution in [0, 0.1) is 22.7 Å². The maximum absolute atomic E-state index is 13.8. The fourth-order valence-corrected chi connectivity index (χ4v) is 7.13. The normalized spacial score (nSPS) is 32.4. The van der Waals surface area contributed by atoms with E-state index < -0.39 is 11.1 Å². The second-order valence-corrected chi connectivity index (χ2v) is 13.6. The Morgan fingerprint density at radius 3 is 1.97 bits per heavy atom. The SMILES string of the molecule is CCC(C)(N[B]C(=O)C(C)(CC)N1CC2CC(C)(C2)CC(C(C)=O)C(C)(C)CC1(C)C)C(C)=O. The van der Waals surface area contributed by atoms with Crippen molar-refractivity contribution in [2.45, 2.75) is 131 Å². The van der Waals surface area contributed by atoms with Crippen LogP contribution in [0.3, 0.4) is 0 Å². The number of rotatable bonds is 9. The first kappa shape index (κ1) is 29.2. The lowest BCUT2D eigenvalue weighted by Crippen LogP contribution is -2.67. The van der Waals surface area contributed by atoms with E-state index in [-0.39, 0.29) is 39.5 Å². The fraction of sp³-hybridized carbons (Fsp3) is 0.893. The van der Waals surface area contributed by atoms with E-state index in [1.807, 2.05) is 13.8 Å². The molecule has 193 valence electrons. The monoisotopic (exact) mass is 473 g/mol. The maximum Gasteiger partial charge on any atom is 0.298 e. The molecule has 3 unspecified atom stereocenters. The van der Waals surface area contributed by atoms with Gasteiger partial charge in [0.1, 0.15) is 17.2 Å². The topological polar surface area (TPSA) is 66.5 Å². The molecule has 3 fully saturated rings. The minimum Gasteiger partial charge on any atom is -0.342 e. The van der Waals surface area contributed by atoms with Crippen molar-refractivity contribution in [1.82, 2.24) is 10.1 Å². The number of carbonyl (C=O) groups is 3. The number of fused-ring (bicyclic) bond motifs is 6. The third-order valence-electron chi connectivity index (χ3n) is 9.57. The zero-order chi connectivity index (χ0) is 26.3. The highest BCUT2D eigenvalue weighted by Crippen LogP contribution is 2.56. The summed E-state index contributed by atoms with van der Waals surface area (Å²) in [6, 6.07) is 0. The van der Waals surface area contributed by atoms with E-state index in [9.17, 15) is 14.4 Å². The number of carbonyl (C=O) groups excluding carboxylic acids is 3. The molecule has 5 nitrogen and oxygen atoms in total. The van der Waals surface area contributed by atoms with Crippen molar-refractivity contribution in [2.75, 3.05) is 6.54 Å². The summed E-state index contributed by atoms with van der Waals surface area (Å²) in [5, 5.41) is 3.17. The van der Waals surface area contributed by atoms with Gasteiger partial charge in [0.05, 0.1) is 11.1 Å². The zero-order valence-corrected chi connectivity index (χ0v) is 23.9. The van der Waals surface area contributed by atoms with Crippen molar-refractivity contribution in [2.24, 2.45) is 22.7 Å². The van der Waals surface area contributed by atoms with Crippen LogP contribution in [0.4, 0.5) is 0 Å². The molecule has 1 radical (unpaired) electrons. The fourth-order valence-electron chi connectivity index (χ4n) is 7.13. The molecular weight excluding hydrogens is 423 g/mol. The highest BCUT2D eigenvalue weighted by atomic mass is 16.1. The summed E-state index contributed by atoms with van der Waals surface area (Å²) < 4.78 is 0. The Morgan fingerprint density at radius 2 is 1.53 bits per heavy atom. The highest BCUT2D eigenvalue weighted by molar-refractivity contribution is 6.74. The first-order chi connectivity index (χ1) is 15.4. The molecule has 0 aromatic rings. The van der Waals surface area contributed by atoms with Crippen molar-refractivity contribution >= 4 is 24.7 Å². The lowest BCUT2D eigenvalue weighted by Gasteiger charge is -2.59. The molecule has 1 saturated carbocycles. The average molecular weight is 474 g/mol. The molecule has 3 rings (SSSR count). The van der Waals surface area contributed by atoms with Gasteiger partial charge >= 0.3 is 0 Å². The molecule has 0 aromatic heterocycles. The van der Waals surface area contributed by atoms with Gasteiger partial charge in [-0.15, -0.1) is 0 Å². The molecule has 0 aromatic carbocycles. The third-order valence-corrected chi connectivity index (χ3v) is 9.57. The van der Waals surface area contributed by atoms with E-state index >= 15 is 0 Å². The van der Waals surface area contributed by atoms with E-state index in [1.54, 1.807) is 21.3 Å². The predicted octanol–water partition coefficient (Wildman–Crippen LogP) is 5.17. The molecule has 2 saturated heterocycles. The predicted molar refractivity (Wildman–Crippen MR) is 141 cm³/mol. The smallest absolute Gasteiger partial charge is 0.298 e. The molecule has 1 N–H and O–H groups in total. The molecule has 0 spiro atoms. The van der Waals surface area contributed by atoms with Gasteiger partial charge in [0.25, 0.3) is 7.41 Å². The minimum absolute atomic E-state index is 0.0177. The molecule has 2 bridgehead atoms. The largest absolute Gasteiger partial charge is 0.342 e. The van der Waals surface area contributed by atoms with E-state index in [0.717, 1.165) is 32.2 Å². The summed E-state index contributed by atoms with van der Waals surface area (Å²) >= 11 is 0.